The molecule has 0 saturated carbocycles. The quantitative estimate of drug-likeness (QED) is 0.686. The van der Waals surface area contributed by atoms with Gasteiger partial charge in [0.2, 0.25) is 10.0 Å². The van der Waals surface area contributed by atoms with Crippen LogP contribution in [0.25, 0.3) is 0 Å². The standard InChI is InChI=1S/C20H24N2O6S/c1-26-17-6-5-15(20(23)27-2)12-18(17)29(24,25)22-19(14-7-10-28-11-8-14)16-4-3-9-21-13-16/h3-6,9,12-14,19,22H,7-8,10-11H2,1-2H3. The number of carbonyl (C=O) groups excluding carboxylic acids is 1. The average Bonchev–Trinajstić information content (AvgIpc) is 2.77. The first-order valence-corrected chi connectivity index (χ1v) is 10.7. The van der Waals surface area contributed by atoms with Gasteiger partial charge in [0, 0.05) is 25.6 Å². The highest BCUT2D eigenvalue weighted by Crippen LogP contribution is 2.33. The maximum Gasteiger partial charge on any atom is 0.337 e. The number of esters is 1. The van der Waals surface area contributed by atoms with Crippen LogP contribution in [0.4, 0.5) is 0 Å². The number of methoxy groups -OCH3 is 2. The summed E-state index contributed by atoms with van der Waals surface area (Å²) in [5.41, 5.74) is 0.892. The number of ether oxygens (including phenoxy) is 3. The van der Waals surface area contributed by atoms with Gasteiger partial charge in [-0.3, -0.25) is 4.98 Å². The van der Waals surface area contributed by atoms with Gasteiger partial charge in [-0.2, -0.15) is 0 Å². The summed E-state index contributed by atoms with van der Waals surface area (Å²) in [6.07, 6.45) is 4.75. The molecule has 1 N–H and O–H groups in total. The Morgan fingerprint density at radius 2 is 2.00 bits per heavy atom. The molecular formula is C20H24N2O6S. The molecule has 1 aromatic carbocycles. The van der Waals surface area contributed by atoms with Crippen molar-refractivity contribution in [3.63, 3.8) is 0 Å². The minimum absolute atomic E-state index is 0.0532. The molecule has 156 valence electrons. The summed E-state index contributed by atoms with van der Waals surface area (Å²) in [6.45, 7) is 1.15. The third-order valence-electron chi connectivity index (χ3n) is 4.94. The van der Waals surface area contributed by atoms with Crippen LogP contribution in [0.5, 0.6) is 5.75 Å². The second-order valence-corrected chi connectivity index (χ2v) is 8.37. The second-order valence-electron chi connectivity index (χ2n) is 6.69. The van der Waals surface area contributed by atoms with Gasteiger partial charge in [0.15, 0.2) is 0 Å². The van der Waals surface area contributed by atoms with Crippen LogP contribution in [0.2, 0.25) is 0 Å². The van der Waals surface area contributed by atoms with E-state index in [0.29, 0.717) is 13.2 Å². The van der Waals surface area contributed by atoms with Gasteiger partial charge in [-0.25, -0.2) is 17.9 Å². The molecule has 1 aromatic heterocycles. The van der Waals surface area contributed by atoms with Crippen LogP contribution in [0, 0.1) is 5.92 Å². The minimum atomic E-state index is -4.02. The highest BCUT2D eigenvalue weighted by molar-refractivity contribution is 7.89. The fraction of sp³-hybridized carbons (Fsp3) is 0.400. The van der Waals surface area contributed by atoms with Crippen molar-refractivity contribution in [2.45, 2.75) is 23.8 Å². The molecule has 1 atom stereocenters. The van der Waals surface area contributed by atoms with E-state index >= 15 is 0 Å². The summed E-state index contributed by atoms with van der Waals surface area (Å²) < 4.78 is 44.8. The van der Waals surface area contributed by atoms with Crippen LogP contribution >= 0.6 is 0 Å². The first kappa shape index (κ1) is 21.2. The van der Waals surface area contributed by atoms with Crippen LogP contribution in [-0.4, -0.2) is 46.8 Å². The first-order chi connectivity index (χ1) is 14.0. The number of rotatable bonds is 7. The van der Waals surface area contributed by atoms with Crippen LogP contribution in [-0.2, 0) is 19.5 Å². The summed E-state index contributed by atoms with van der Waals surface area (Å²) in [5.74, 6) is -0.433. The van der Waals surface area contributed by atoms with Gasteiger partial charge >= 0.3 is 5.97 Å². The molecule has 1 fully saturated rings. The van der Waals surface area contributed by atoms with E-state index in [4.69, 9.17) is 14.2 Å². The highest BCUT2D eigenvalue weighted by atomic mass is 32.2. The molecule has 2 heterocycles. The number of hydrogen-bond acceptors (Lipinski definition) is 7. The summed E-state index contributed by atoms with van der Waals surface area (Å²) in [7, 11) is -1.40. The summed E-state index contributed by atoms with van der Waals surface area (Å²) in [6, 6.07) is 7.29. The lowest BCUT2D eigenvalue weighted by Gasteiger charge is -2.31. The second kappa shape index (κ2) is 9.34. The number of hydrogen-bond donors (Lipinski definition) is 1. The number of sulfonamides is 1. The van der Waals surface area contributed by atoms with E-state index in [1.807, 2.05) is 6.07 Å². The van der Waals surface area contributed by atoms with E-state index in [2.05, 4.69) is 9.71 Å². The molecule has 1 unspecified atom stereocenters. The number of nitrogens with one attached hydrogen (secondary N) is 1. The van der Waals surface area contributed by atoms with Crippen molar-refractivity contribution in [1.29, 1.82) is 0 Å². The molecule has 3 rings (SSSR count). The van der Waals surface area contributed by atoms with E-state index in [9.17, 15) is 13.2 Å². The van der Waals surface area contributed by atoms with E-state index in [1.54, 1.807) is 18.5 Å². The van der Waals surface area contributed by atoms with E-state index < -0.39 is 22.0 Å². The first-order valence-electron chi connectivity index (χ1n) is 9.22. The van der Waals surface area contributed by atoms with Crippen LogP contribution in [0.1, 0.15) is 34.8 Å². The predicted octanol–water partition coefficient (Wildman–Crippen LogP) is 2.32. The normalized spacial score (nSPS) is 16.2. The van der Waals surface area contributed by atoms with Crippen LogP contribution in [0.3, 0.4) is 0 Å². The zero-order chi connectivity index (χ0) is 20.9. The molecule has 8 nitrogen and oxygen atoms in total. The molecule has 9 heteroatoms. The molecule has 0 aliphatic carbocycles. The smallest absolute Gasteiger partial charge is 0.337 e. The van der Waals surface area contributed by atoms with Gasteiger partial charge in [0.05, 0.1) is 25.8 Å². The van der Waals surface area contributed by atoms with Gasteiger partial charge in [0.25, 0.3) is 0 Å². The third-order valence-corrected chi connectivity index (χ3v) is 6.40. The van der Waals surface area contributed by atoms with Crippen molar-refractivity contribution in [3.8, 4) is 5.75 Å². The topological polar surface area (TPSA) is 104 Å². The van der Waals surface area contributed by atoms with Gasteiger partial charge in [-0.1, -0.05) is 6.07 Å². The predicted molar refractivity (Wildman–Crippen MR) is 105 cm³/mol. The molecule has 1 aliphatic heterocycles. The van der Waals surface area contributed by atoms with Crippen molar-refractivity contribution in [2.24, 2.45) is 5.92 Å². The Balaban J connectivity index is 1.99. The molecule has 0 spiro atoms. The van der Waals surface area contributed by atoms with Crippen molar-refractivity contribution in [1.82, 2.24) is 9.71 Å². The summed E-state index contributed by atoms with van der Waals surface area (Å²) in [4.78, 5) is 15.9. The van der Waals surface area contributed by atoms with Gasteiger partial charge in [-0.15, -0.1) is 0 Å². The Morgan fingerprint density at radius 3 is 2.62 bits per heavy atom. The van der Waals surface area contributed by atoms with E-state index in [1.165, 1.54) is 32.4 Å². The summed E-state index contributed by atoms with van der Waals surface area (Å²) >= 11 is 0. The lowest BCUT2D eigenvalue weighted by molar-refractivity contribution is 0.0563. The molecule has 0 radical (unpaired) electrons. The minimum Gasteiger partial charge on any atom is -0.495 e. The van der Waals surface area contributed by atoms with Gasteiger partial charge in [-0.05, 0) is 48.6 Å². The fourth-order valence-corrected chi connectivity index (χ4v) is 4.90. The Kier molecular flexibility index (Phi) is 6.83. The van der Waals surface area contributed by atoms with Crippen LogP contribution in [0.15, 0.2) is 47.6 Å². The number of nitrogens with zero attached hydrogens (tertiary/aromatic N) is 1. The zero-order valence-electron chi connectivity index (χ0n) is 16.3. The maximum absolute atomic E-state index is 13.3. The number of benzene rings is 1. The lowest BCUT2D eigenvalue weighted by Crippen LogP contribution is -2.36. The molecule has 29 heavy (non-hydrogen) atoms. The van der Waals surface area contributed by atoms with Gasteiger partial charge < -0.3 is 14.2 Å². The molecule has 0 bridgehead atoms. The van der Waals surface area contributed by atoms with E-state index in [0.717, 1.165) is 18.4 Å². The number of aromatic nitrogens is 1. The largest absolute Gasteiger partial charge is 0.495 e. The highest BCUT2D eigenvalue weighted by Gasteiger charge is 2.32. The number of carbonyl (C=O) groups is 1. The Morgan fingerprint density at radius 1 is 1.24 bits per heavy atom. The zero-order valence-corrected chi connectivity index (χ0v) is 17.1. The number of pyridine rings is 1. The van der Waals surface area contributed by atoms with Crippen molar-refractivity contribution in [3.05, 3.63) is 53.9 Å². The van der Waals surface area contributed by atoms with E-state index in [-0.39, 0.29) is 22.1 Å². The fourth-order valence-electron chi connectivity index (χ4n) is 3.41. The Hall–Kier alpha value is -2.49. The van der Waals surface area contributed by atoms with Crippen molar-refractivity contribution >= 4 is 16.0 Å². The van der Waals surface area contributed by atoms with Crippen molar-refractivity contribution < 1.29 is 27.4 Å². The monoisotopic (exact) mass is 420 g/mol. The SMILES string of the molecule is COC(=O)c1ccc(OC)c(S(=O)(=O)NC(c2cccnc2)C2CCOCC2)c1. The lowest BCUT2D eigenvalue weighted by atomic mass is 9.88. The Bertz CT molecular complexity index is 943. The van der Waals surface area contributed by atoms with Crippen LogP contribution < -0.4 is 9.46 Å². The maximum atomic E-state index is 13.3. The van der Waals surface area contributed by atoms with Gasteiger partial charge in [0.1, 0.15) is 10.6 Å². The summed E-state index contributed by atoms with van der Waals surface area (Å²) in [5, 5.41) is 0. The molecule has 1 aliphatic rings. The third kappa shape index (κ3) is 4.92. The molecule has 2 aromatic rings. The average molecular weight is 420 g/mol. The molecular weight excluding hydrogens is 396 g/mol. The Labute approximate surface area is 170 Å². The van der Waals surface area contributed by atoms with Crippen molar-refractivity contribution in [2.75, 3.05) is 27.4 Å². The molecule has 1 saturated heterocycles. The molecule has 0 amide bonds.